The van der Waals surface area contributed by atoms with E-state index in [9.17, 15) is 17.6 Å². The van der Waals surface area contributed by atoms with Crippen LogP contribution in [0.25, 0.3) is 0 Å². The van der Waals surface area contributed by atoms with Crippen molar-refractivity contribution in [3.63, 3.8) is 0 Å². The molecule has 8 heteroatoms. The van der Waals surface area contributed by atoms with Crippen molar-refractivity contribution in [2.24, 2.45) is 11.8 Å². The lowest BCUT2D eigenvalue weighted by molar-refractivity contribution is -0.138. The van der Waals surface area contributed by atoms with Gasteiger partial charge in [0, 0.05) is 32.1 Å². The minimum absolute atomic E-state index is 0.0741. The predicted molar refractivity (Wildman–Crippen MR) is 100 cm³/mol. The van der Waals surface area contributed by atoms with Gasteiger partial charge in [-0.2, -0.15) is 0 Å². The molecule has 2 fully saturated rings. The summed E-state index contributed by atoms with van der Waals surface area (Å²) in [5, 5.41) is 0. The molecule has 0 aromatic heterocycles. The molecule has 0 bridgehead atoms. The number of carbonyl (C=O) groups is 1. The summed E-state index contributed by atoms with van der Waals surface area (Å²) in [7, 11) is -3.17. The minimum Gasteiger partial charge on any atom is -0.493 e. The average Bonchev–Trinajstić information content (AvgIpc) is 2.67. The van der Waals surface area contributed by atoms with Crippen molar-refractivity contribution >= 4 is 15.9 Å². The smallest absolute Gasteiger partial charge is 0.225 e. The molecule has 1 aromatic carbocycles. The zero-order valence-electron chi connectivity index (χ0n) is 15.6. The zero-order chi connectivity index (χ0) is 19.4. The number of benzene rings is 1. The van der Waals surface area contributed by atoms with Crippen molar-refractivity contribution in [3.05, 3.63) is 30.1 Å². The van der Waals surface area contributed by atoms with Crippen molar-refractivity contribution in [1.82, 2.24) is 9.21 Å². The van der Waals surface area contributed by atoms with Gasteiger partial charge in [-0.1, -0.05) is 0 Å². The zero-order valence-corrected chi connectivity index (χ0v) is 16.5. The number of nitrogens with zero attached hydrogens (tertiary/aromatic N) is 2. The first-order chi connectivity index (χ1) is 12.8. The third kappa shape index (κ3) is 5.42. The fraction of sp³-hybridized carbons (Fsp3) is 0.632. The maximum atomic E-state index is 12.9. The first-order valence-electron chi connectivity index (χ1n) is 9.45. The second-order valence-corrected chi connectivity index (χ2v) is 9.45. The molecular weight excluding hydrogens is 371 g/mol. The van der Waals surface area contributed by atoms with Gasteiger partial charge in [-0.3, -0.25) is 4.79 Å². The normalized spacial score (nSPS) is 20.6. The summed E-state index contributed by atoms with van der Waals surface area (Å²) < 4.78 is 43.2. The van der Waals surface area contributed by atoms with Crippen LogP contribution in [0.4, 0.5) is 4.39 Å². The van der Waals surface area contributed by atoms with Gasteiger partial charge >= 0.3 is 0 Å². The van der Waals surface area contributed by atoms with Crippen molar-refractivity contribution in [1.29, 1.82) is 0 Å². The number of halogens is 1. The Morgan fingerprint density at radius 3 is 2.22 bits per heavy atom. The maximum Gasteiger partial charge on any atom is 0.225 e. The van der Waals surface area contributed by atoms with Crippen LogP contribution < -0.4 is 4.74 Å². The van der Waals surface area contributed by atoms with E-state index in [0.717, 1.165) is 12.8 Å². The second-order valence-electron chi connectivity index (χ2n) is 7.47. The highest BCUT2D eigenvalue weighted by Gasteiger charge is 2.33. The fourth-order valence-corrected chi connectivity index (χ4v) is 4.63. The van der Waals surface area contributed by atoms with Crippen LogP contribution in [-0.2, 0) is 14.8 Å². The summed E-state index contributed by atoms with van der Waals surface area (Å²) in [6.07, 6.45) is 4.18. The maximum absolute atomic E-state index is 12.9. The minimum atomic E-state index is -3.17. The highest BCUT2D eigenvalue weighted by molar-refractivity contribution is 7.88. The third-order valence-electron chi connectivity index (χ3n) is 5.50. The average molecular weight is 399 g/mol. The van der Waals surface area contributed by atoms with Crippen LogP contribution in [0, 0.1) is 17.7 Å². The van der Waals surface area contributed by atoms with Crippen molar-refractivity contribution in [2.45, 2.75) is 25.7 Å². The van der Waals surface area contributed by atoms with E-state index in [2.05, 4.69) is 0 Å². The van der Waals surface area contributed by atoms with Gasteiger partial charge in [-0.25, -0.2) is 17.1 Å². The van der Waals surface area contributed by atoms with Crippen molar-refractivity contribution in [3.8, 4) is 5.75 Å². The Labute approximate surface area is 160 Å². The molecule has 27 heavy (non-hydrogen) atoms. The number of likely N-dealkylation sites (tertiary alicyclic amines) is 1. The molecule has 150 valence electrons. The van der Waals surface area contributed by atoms with Gasteiger partial charge in [-0.15, -0.1) is 0 Å². The van der Waals surface area contributed by atoms with Gasteiger partial charge in [0.1, 0.15) is 11.6 Å². The van der Waals surface area contributed by atoms with E-state index in [-0.39, 0.29) is 17.6 Å². The van der Waals surface area contributed by atoms with Gasteiger partial charge < -0.3 is 9.64 Å². The Morgan fingerprint density at radius 2 is 1.67 bits per heavy atom. The summed E-state index contributed by atoms with van der Waals surface area (Å²) >= 11 is 0. The molecule has 0 unspecified atom stereocenters. The topological polar surface area (TPSA) is 66.9 Å². The molecule has 2 saturated heterocycles. The molecule has 0 radical (unpaired) electrons. The quantitative estimate of drug-likeness (QED) is 0.762. The van der Waals surface area contributed by atoms with E-state index in [4.69, 9.17) is 4.74 Å². The molecule has 2 heterocycles. The second kappa shape index (κ2) is 8.56. The summed E-state index contributed by atoms with van der Waals surface area (Å²) in [5.74, 6) is 0.839. The van der Waals surface area contributed by atoms with E-state index in [1.54, 1.807) is 12.1 Å². The van der Waals surface area contributed by atoms with Gasteiger partial charge in [-0.05, 0) is 55.9 Å². The number of hydrogen-bond acceptors (Lipinski definition) is 4. The molecule has 0 aliphatic carbocycles. The largest absolute Gasteiger partial charge is 0.493 e. The molecule has 0 N–H and O–H groups in total. The number of piperidine rings is 2. The Morgan fingerprint density at radius 1 is 1.07 bits per heavy atom. The van der Waals surface area contributed by atoms with Crippen LogP contribution in [0.1, 0.15) is 25.7 Å². The molecule has 6 nitrogen and oxygen atoms in total. The number of rotatable bonds is 5. The lowest BCUT2D eigenvalue weighted by Gasteiger charge is -2.36. The van der Waals surface area contributed by atoms with Crippen molar-refractivity contribution < 1.29 is 22.3 Å². The number of amides is 1. The SMILES string of the molecule is CS(=O)(=O)N1CCC(C(=O)N2CCC(COc3ccc(F)cc3)CC2)CC1. The molecule has 0 spiro atoms. The van der Waals surface area contributed by atoms with E-state index >= 15 is 0 Å². The van der Waals surface area contributed by atoms with Gasteiger partial charge in [0.05, 0.1) is 12.9 Å². The van der Waals surface area contributed by atoms with Gasteiger partial charge in [0.15, 0.2) is 0 Å². The monoisotopic (exact) mass is 398 g/mol. The summed E-state index contributed by atoms with van der Waals surface area (Å²) in [6, 6.07) is 6.01. The summed E-state index contributed by atoms with van der Waals surface area (Å²) in [6.45, 7) is 2.85. The van der Waals surface area contributed by atoms with Crippen LogP contribution in [0.5, 0.6) is 5.75 Å². The van der Waals surface area contributed by atoms with Crippen LogP contribution in [-0.4, -0.2) is 62.6 Å². The van der Waals surface area contributed by atoms with E-state index in [1.165, 1.54) is 22.7 Å². The third-order valence-corrected chi connectivity index (χ3v) is 6.80. The Balaban J connectivity index is 1.41. The van der Waals surface area contributed by atoms with E-state index in [1.807, 2.05) is 4.90 Å². The lowest BCUT2D eigenvalue weighted by atomic mass is 9.93. The molecule has 1 amide bonds. The lowest BCUT2D eigenvalue weighted by Crippen LogP contribution is -2.46. The predicted octanol–water partition coefficient (Wildman–Crippen LogP) is 2.11. The molecule has 0 atom stereocenters. The number of carbonyl (C=O) groups excluding carboxylic acids is 1. The van der Waals surface area contributed by atoms with Gasteiger partial charge in [0.2, 0.25) is 15.9 Å². The molecular formula is C19H27FN2O4S. The standard InChI is InChI=1S/C19H27FN2O4S/c1-27(24,25)22-12-8-16(9-13-22)19(23)21-10-6-15(7-11-21)14-26-18-4-2-17(20)3-5-18/h2-5,15-16H,6-14H2,1H3. The first-order valence-corrected chi connectivity index (χ1v) is 11.3. The molecule has 2 aliphatic heterocycles. The fourth-order valence-electron chi connectivity index (χ4n) is 3.76. The van der Waals surface area contributed by atoms with Crippen LogP contribution >= 0.6 is 0 Å². The highest BCUT2D eigenvalue weighted by atomic mass is 32.2. The molecule has 2 aliphatic rings. The van der Waals surface area contributed by atoms with Crippen LogP contribution in [0.3, 0.4) is 0 Å². The number of sulfonamides is 1. The Kier molecular flexibility index (Phi) is 6.37. The Bertz CT molecular complexity index is 737. The van der Waals surface area contributed by atoms with E-state index in [0.29, 0.717) is 57.3 Å². The molecule has 0 saturated carbocycles. The van der Waals surface area contributed by atoms with Crippen LogP contribution in [0.2, 0.25) is 0 Å². The Hall–Kier alpha value is -1.67. The van der Waals surface area contributed by atoms with E-state index < -0.39 is 10.0 Å². The van der Waals surface area contributed by atoms with Gasteiger partial charge in [0.25, 0.3) is 0 Å². The molecule has 3 rings (SSSR count). The summed E-state index contributed by atoms with van der Waals surface area (Å²) in [5.41, 5.74) is 0. The summed E-state index contributed by atoms with van der Waals surface area (Å²) in [4.78, 5) is 14.6. The molecule has 1 aromatic rings. The van der Waals surface area contributed by atoms with Crippen LogP contribution in [0.15, 0.2) is 24.3 Å². The van der Waals surface area contributed by atoms with Crippen molar-refractivity contribution in [2.75, 3.05) is 39.0 Å². The number of ether oxygens (including phenoxy) is 1. The highest BCUT2D eigenvalue weighted by Crippen LogP contribution is 2.25. The number of hydrogen-bond donors (Lipinski definition) is 0. The first kappa shape index (κ1) is 20.1.